The fourth-order valence-electron chi connectivity index (χ4n) is 1.33. The molecule has 0 aliphatic carbocycles. The van der Waals surface area contributed by atoms with Crippen molar-refractivity contribution >= 4 is 6.09 Å². The van der Waals surface area contributed by atoms with E-state index in [1.165, 1.54) is 0 Å². The van der Waals surface area contributed by atoms with Gasteiger partial charge in [-0.15, -0.1) is 0 Å². The molecular formula is C9H19N3O2. The van der Waals surface area contributed by atoms with Gasteiger partial charge in [-0.2, -0.15) is 0 Å². The van der Waals surface area contributed by atoms with Gasteiger partial charge in [-0.25, -0.2) is 4.79 Å². The zero-order valence-electron chi connectivity index (χ0n) is 8.99. The number of nitrogens with two attached hydrogens (primary N) is 2. The average Bonchev–Trinajstić information content (AvgIpc) is 2.28. The van der Waals surface area contributed by atoms with E-state index in [-0.39, 0.29) is 18.2 Å². The fourth-order valence-corrected chi connectivity index (χ4v) is 1.33. The molecule has 14 heavy (non-hydrogen) atoms. The van der Waals surface area contributed by atoms with E-state index in [0.29, 0.717) is 13.1 Å². The Morgan fingerprint density at radius 3 is 2.07 bits per heavy atom. The molecule has 1 aliphatic heterocycles. The summed E-state index contributed by atoms with van der Waals surface area (Å²) in [6, 6.07) is -0.273. The molecular weight excluding hydrogens is 182 g/mol. The van der Waals surface area contributed by atoms with Crippen molar-refractivity contribution in [2.75, 3.05) is 13.1 Å². The lowest BCUT2D eigenvalue weighted by Gasteiger charge is -2.24. The second-order valence-corrected chi connectivity index (χ2v) is 4.71. The van der Waals surface area contributed by atoms with Crippen molar-refractivity contribution in [1.82, 2.24) is 4.90 Å². The highest BCUT2D eigenvalue weighted by Crippen LogP contribution is 2.13. The van der Waals surface area contributed by atoms with Crippen LogP contribution in [0.1, 0.15) is 20.8 Å². The molecule has 0 aromatic carbocycles. The number of nitrogens with zero attached hydrogens (tertiary/aromatic N) is 1. The van der Waals surface area contributed by atoms with E-state index in [1.807, 2.05) is 20.8 Å². The number of amides is 1. The zero-order valence-corrected chi connectivity index (χ0v) is 8.99. The molecule has 1 heterocycles. The Balaban J connectivity index is 2.48. The lowest BCUT2D eigenvalue weighted by atomic mass is 10.2. The first-order valence-corrected chi connectivity index (χ1v) is 4.78. The number of carbonyl (C=O) groups excluding carboxylic acids is 1. The van der Waals surface area contributed by atoms with Gasteiger partial charge in [-0.1, -0.05) is 0 Å². The number of hydrogen-bond donors (Lipinski definition) is 2. The topological polar surface area (TPSA) is 81.6 Å². The molecule has 1 rings (SSSR count). The van der Waals surface area contributed by atoms with Crippen LogP contribution in [0.3, 0.4) is 0 Å². The van der Waals surface area contributed by atoms with E-state index in [2.05, 4.69) is 0 Å². The first kappa shape index (κ1) is 11.3. The van der Waals surface area contributed by atoms with E-state index in [9.17, 15) is 4.79 Å². The lowest BCUT2D eigenvalue weighted by molar-refractivity contribution is 0.0290. The molecule has 0 radical (unpaired) electrons. The standard InChI is InChI=1S/C9H19N3O2/c1-9(2,3)14-8(13)12-4-6(10)7(11)5-12/h6-7H,4-5,10-11H2,1-3H3. The Morgan fingerprint density at radius 2 is 1.71 bits per heavy atom. The Morgan fingerprint density at radius 1 is 1.29 bits per heavy atom. The lowest BCUT2D eigenvalue weighted by Crippen LogP contribution is -2.39. The summed E-state index contributed by atoms with van der Waals surface area (Å²) < 4.78 is 5.19. The number of likely N-dealkylation sites (tertiary alicyclic amines) is 1. The van der Waals surface area contributed by atoms with Crippen molar-refractivity contribution in [1.29, 1.82) is 0 Å². The molecule has 2 atom stereocenters. The predicted octanol–water partition coefficient (Wildman–Crippen LogP) is -0.108. The summed E-state index contributed by atoms with van der Waals surface area (Å²) in [5.74, 6) is 0. The van der Waals surface area contributed by atoms with E-state index >= 15 is 0 Å². The van der Waals surface area contributed by atoms with Gasteiger partial charge in [0, 0.05) is 25.2 Å². The molecule has 0 aromatic rings. The van der Waals surface area contributed by atoms with Crippen LogP contribution in [0.4, 0.5) is 4.79 Å². The summed E-state index contributed by atoms with van der Waals surface area (Å²) in [6.07, 6.45) is -0.332. The SMILES string of the molecule is CC(C)(C)OC(=O)N1CC(N)C(N)C1. The number of hydrogen-bond acceptors (Lipinski definition) is 4. The van der Waals surface area contributed by atoms with Gasteiger partial charge in [-0.3, -0.25) is 0 Å². The van der Waals surface area contributed by atoms with Crippen molar-refractivity contribution in [3.05, 3.63) is 0 Å². The Labute approximate surface area is 84.4 Å². The minimum atomic E-state index is -0.464. The van der Waals surface area contributed by atoms with Crippen LogP contribution in [-0.4, -0.2) is 41.8 Å². The van der Waals surface area contributed by atoms with Crippen LogP contribution >= 0.6 is 0 Å². The molecule has 5 nitrogen and oxygen atoms in total. The predicted molar refractivity (Wildman–Crippen MR) is 53.8 cm³/mol. The van der Waals surface area contributed by atoms with E-state index < -0.39 is 5.60 Å². The van der Waals surface area contributed by atoms with Gasteiger partial charge in [0.1, 0.15) is 5.60 Å². The van der Waals surface area contributed by atoms with Gasteiger partial charge in [-0.05, 0) is 20.8 Å². The third kappa shape index (κ3) is 2.85. The van der Waals surface area contributed by atoms with Gasteiger partial charge in [0.05, 0.1) is 0 Å². The van der Waals surface area contributed by atoms with Gasteiger partial charge in [0.15, 0.2) is 0 Å². The zero-order chi connectivity index (χ0) is 10.9. The van der Waals surface area contributed by atoms with Crippen LogP contribution in [-0.2, 0) is 4.74 Å². The quantitative estimate of drug-likeness (QED) is 0.573. The molecule has 1 fully saturated rings. The highest BCUT2D eigenvalue weighted by Gasteiger charge is 2.32. The van der Waals surface area contributed by atoms with E-state index in [1.54, 1.807) is 4.90 Å². The molecule has 5 heteroatoms. The van der Waals surface area contributed by atoms with Gasteiger partial charge < -0.3 is 21.1 Å². The Hall–Kier alpha value is -0.810. The average molecular weight is 201 g/mol. The molecule has 4 N–H and O–H groups in total. The van der Waals surface area contributed by atoms with Crippen molar-refractivity contribution < 1.29 is 9.53 Å². The van der Waals surface area contributed by atoms with E-state index in [4.69, 9.17) is 16.2 Å². The monoisotopic (exact) mass is 201 g/mol. The van der Waals surface area contributed by atoms with Gasteiger partial charge in [0.2, 0.25) is 0 Å². The Kier molecular flexibility index (Phi) is 3.01. The molecule has 1 aliphatic rings. The van der Waals surface area contributed by atoms with Crippen LogP contribution in [0.25, 0.3) is 0 Å². The summed E-state index contributed by atoms with van der Waals surface area (Å²) in [5.41, 5.74) is 10.9. The highest BCUT2D eigenvalue weighted by molar-refractivity contribution is 5.68. The summed E-state index contributed by atoms with van der Waals surface area (Å²) in [7, 11) is 0. The minimum Gasteiger partial charge on any atom is -0.444 e. The second-order valence-electron chi connectivity index (χ2n) is 4.71. The first-order valence-electron chi connectivity index (χ1n) is 4.78. The van der Waals surface area contributed by atoms with Crippen molar-refractivity contribution in [2.45, 2.75) is 38.5 Å². The fraction of sp³-hybridized carbons (Fsp3) is 0.889. The van der Waals surface area contributed by atoms with E-state index in [0.717, 1.165) is 0 Å². The maximum absolute atomic E-state index is 11.5. The van der Waals surface area contributed by atoms with Gasteiger partial charge >= 0.3 is 6.09 Å². The molecule has 2 unspecified atom stereocenters. The van der Waals surface area contributed by atoms with Crippen LogP contribution < -0.4 is 11.5 Å². The largest absolute Gasteiger partial charge is 0.444 e. The summed E-state index contributed by atoms with van der Waals surface area (Å²) in [4.78, 5) is 13.1. The van der Waals surface area contributed by atoms with Crippen LogP contribution in [0.5, 0.6) is 0 Å². The molecule has 0 spiro atoms. The van der Waals surface area contributed by atoms with Crippen LogP contribution in [0, 0.1) is 0 Å². The van der Waals surface area contributed by atoms with Crippen molar-refractivity contribution in [3.63, 3.8) is 0 Å². The highest BCUT2D eigenvalue weighted by atomic mass is 16.6. The minimum absolute atomic E-state index is 0.137. The first-order chi connectivity index (χ1) is 6.29. The number of rotatable bonds is 0. The molecule has 1 amide bonds. The Bertz CT molecular complexity index is 215. The molecule has 1 saturated heterocycles. The maximum atomic E-state index is 11.5. The molecule has 0 aromatic heterocycles. The van der Waals surface area contributed by atoms with Crippen molar-refractivity contribution in [2.24, 2.45) is 11.5 Å². The van der Waals surface area contributed by atoms with Crippen LogP contribution in [0.2, 0.25) is 0 Å². The smallest absolute Gasteiger partial charge is 0.410 e. The maximum Gasteiger partial charge on any atom is 0.410 e. The summed E-state index contributed by atoms with van der Waals surface area (Å²) >= 11 is 0. The second kappa shape index (κ2) is 3.74. The molecule has 0 bridgehead atoms. The third-order valence-corrected chi connectivity index (χ3v) is 2.06. The molecule has 82 valence electrons. The number of carbonyl (C=O) groups is 1. The third-order valence-electron chi connectivity index (χ3n) is 2.06. The summed E-state index contributed by atoms with van der Waals surface area (Å²) in [6.45, 7) is 6.47. The van der Waals surface area contributed by atoms with Crippen molar-refractivity contribution in [3.8, 4) is 0 Å². The van der Waals surface area contributed by atoms with Crippen LogP contribution in [0.15, 0.2) is 0 Å². The number of ether oxygens (including phenoxy) is 1. The summed E-state index contributed by atoms with van der Waals surface area (Å²) in [5, 5.41) is 0. The van der Waals surface area contributed by atoms with Gasteiger partial charge in [0.25, 0.3) is 0 Å². The normalized spacial score (nSPS) is 27.9. The molecule has 0 saturated carbocycles.